The van der Waals surface area contributed by atoms with E-state index in [-0.39, 0.29) is 0 Å². The molecule has 0 aliphatic heterocycles. The van der Waals surface area contributed by atoms with E-state index >= 15 is 0 Å². The Labute approximate surface area is 156 Å². The molecular formula is C25H40. The van der Waals surface area contributed by atoms with Crippen LogP contribution in [-0.2, 0) is 0 Å². The Kier molecular flexibility index (Phi) is 7.89. The minimum Gasteiger partial charge on any atom is -0.0654 e. The number of rotatable bonds is 8. The SMILES string of the molecule is CCCCCCC[C@H]1CC[C@H](C2CCC(c3ccccc3)CC2)CC1. The molecular weight excluding hydrogens is 300 g/mol. The van der Waals surface area contributed by atoms with Crippen LogP contribution in [0.2, 0.25) is 0 Å². The van der Waals surface area contributed by atoms with Gasteiger partial charge in [0, 0.05) is 0 Å². The van der Waals surface area contributed by atoms with Crippen LogP contribution in [-0.4, -0.2) is 0 Å². The van der Waals surface area contributed by atoms with Gasteiger partial charge < -0.3 is 0 Å². The normalized spacial score (nSPS) is 30.3. The Balaban J connectivity index is 1.33. The lowest BCUT2D eigenvalue weighted by molar-refractivity contribution is 0.155. The zero-order valence-electron chi connectivity index (χ0n) is 16.6. The molecule has 25 heavy (non-hydrogen) atoms. The molecule has 2 aliphatic rings. The highest BCUT2D eigenvalue weighted by Crippen LogP contribution is 2.44. The summed E-state index contributed by atoms with van der Waals surface area (Å²) in [5, 5.41) is 0. The minimum absolute atomic E-state index is 0.844. The van der Waals surface area contributed by atoms with Gasteiger partial charge in [-0.05, 0) is 67.8 Å². The van der Waals surface area contributed by atoms with Gasteiger partial charge in [0.2, 0.25) is 0 Å². The van der Waals surface area contributed by atoms with Gasteiger partial charge in [0.25, 0.3) is 0 Å². The van der Waals surface area contributed by atoms with Crippen LogP contribution in [0.25, 0.3) is 0 Å². The second-order valence-electron chi connectivity index (χ2n) is 9.01. The fourth-order valence-electron chi connectivity index (χ4n) is 5.63. The standard InChI is InChI=1S/C25H40/c1-2-3-4-5-7-10-21-13-15-23(16-14-21)25-19-17-24(18-20-25)22-11-8-6-9-12-22/h6,8-9,11-12,21,23-25H,2-5,7,10,13-20H2,1H3/t21-,23-,24?,25?. The molecule has 0 radical (unpaired) electrons. The third kappa shape index (κ3) is 5.87. The summed E-state index contributed by atoms with van der Waals surface area (Å²) in [4.78, 5) is 0. The third-order valence-electron chi connectivity index (χ3n) is 7.32. The van der Waals surface area contributed by atoms with E-state index in [9.17, 15) is 0 Å². The summed E-state index contributed by atoms with van der Waals surface area (Å²) in [5.41, 5.74) is 1.59. The monoisotopic (exact) mass is 340 g/mol. The number of hydrogen-bond donors (Lipinski definition) is 0. The Hall–Kier alpha value is -0.780. The van der Waals surface area contributed by atoms with Crippen LogP contribution < -0.4 is 0 Å². The highest BCUT2D eigenvalue weighted by molar-refractivity contribution is 5.19. The third-order valence-corrected chi connectivity index (χ3v) is 7.32. The predicted octanol–water partition coefficient (Wildman–Crippen LogP) is 8.13. The molecule has 0 unspecified atom stereocenters. The predicted molar refractivity (Wildman–Crippen MR) is 110 cm³/mol. The molecule has 0 aromatic heterocycles. The van der Waals surface area contributed by atoms with E-state index in [1.165, 1.54) is 77.0 Å². The Morgan fingerprint density at radius 3 is 1.92 bits per heavy atom. The van der Waals surface area contributed by atoms with Gasteiger partial charge in [-0.1, -0.05) is 88.6 Å². The van der Waals surface area contributed by atoms with E-state index in [0.717, 1.165) is 23.7 Å². The molecule has 0 N–H and O–H groups in total. The quantitative estimate of drug-likeness (QED) is 0.419. The summed E-state index contributed by atoms with van der Waals surface area (Å²) in [6.45, 7) is 2.31. The zero-order valence-corrected chi connectivity index (χ0v) is 16.6. The molecule has 0 saturated heterocycles. The summed E-state index contributed by atoms with van der Waals surface area (Å²) in [6, 6.07) is 11.3. The summed E-state index contributed by atoms with van der Waals surface area (Å²) in [7, 11) is 0. The Morgan fingerprint density at radius 1 is 0.680 bits per heavy atom. The second-order valence-corrected chi connectivity index (χ2v) is 9.01. The fourth-order valence-corrected chi connectivity index (χ4v) is 5.63. The molecule has 3 rings (SSSR count). The summed E-state index contributed by atoms with van der Waals surface area (Å²) >= 11 is 0. The molecule has 2 fully saturated rings. The smallest absolute Gasteiger partial charge is 0.0162 e. The molecule has 1 aromatic carbocycles. The average molecular weight is 341 g/mol. The van der Waals surface area contributed by atoms with Gasteiger partial charge in [0.15, 0.2) is 0 Å². The van der Waals surface area contributed by atoms with Gasteiger partial charge >= 0.3 is 0 Å². The van der Waals surface area contributed by atoms with E-state index in [0.29, 0.717) is 0 Å². The molecule has 0 nitrogen and oxygen atoms in total. The highest BCUT2D eigenvalue weighted by Gasteiger charge is 2.31. The molecule has 140 valence electrons. The number of benzene rings is 1. The topological polar surface area (TPSA) is 0 Å². The molecule has 2 saturated carbocycles. The van der Waals surface area contributed by atoms with Crippen molar-refractivity contribution in [3.05, 3.63) is 35.9 Å². The van der Waals surface area contributed by atoms with Crippen molar-refractivity contribution in [1.29, 1.82) is 0 Å². The van der Waals surface area contributed by atoms with Gasteiger partial charge in [0.05, 0.1) is 0 Å². The number of hydrogen-bond acceptors (Lipinski definition) is 0. The molecule has 0 bridgehead atoms. The van der Waals surface area contributed by atoms with Gasteiger partial charge in [-0.15, -0.1) is 0 Å². The molecule has 0 heterocycles. The highest BCUT2D eigenvalue weighted by atomic mass is 14.4. The van der Waals surface area contributed by atoms with Crippen molar-refractivity contribution in [2.45, 2.75) is 103 Å². The molecule has 1 aromatic rings. The molecule has 0 amide bonds. The van der Waals surface area contributed by atoms with Crippen molar-refractivity contribution in [2.24, 2.45) is 17.8 Å². The fraction of sp³-hybridized carbons (Fsp3) is 0.760. The maximum Gasteiger partial charge on any atom is -0.0162 e. The molecule has 0 spiro atoms. The minimum atomic E-state index is 0.844. The van der Waals surface area contributed by atoms with Crippen molar-refractivity contribution in [1.82, 2.24) is 0 Å². The van der Waals surface area contributed by atoms with E-state index in [1.807, 2.05) is 0 Å². The van der Waals surface area contributed by atoms with Crippen molar-refractivity contribution in [3.63, 3.8) is 0 Å². The number of unbranched alkanes of at least 4 members (excludes halogenated alkanes) is 4. The zero-order chi connectivity index (χ0) is 17.3. The lowest BCUT2D eigenvalue weighted by Crippen LogP contribution is -2.25. The lowest BCUT2D eigenvalue weighted by atomic mass is 9.68. The first-order valence-electron chi connectivity index (χ1n) is 11.4. The lowest BCUT2D eigenvalue weighted by Gasteiger charge is -2.38. The summed E-state index contributed by atoms with van der Waals surface area (Å²) in [5.74, 6) is 4.02. The first-order chi connectivity index (χ1) is 12.4. The Morgan fingerprint density at radius 2 is 1.28 bits per heavy atom. The Bertz CT molecular complexity index is 446. The van der Waals surface area contributed by atoms with Gasteiger partial charge in [-0.3, -0.25) is 0 Å². The van der Waals surface area contributed by atoms with Crippen molar-refractivity contribution in [3.8, 4) is 0 Å². The van der Waals surface area contributed by atoms with E-state index < -0.39 is 0 Å². The average Bonchev–Trinajstić information content (AvgIpc) is 2.69. The van der Waals surface area contributed by atoms with Crippen LogP contribution in [0.3, 0.4) is 0 Å². The van der Waals surface area contributed by atoms with Crippen molar-refractivity contribution >= 4 is 0 Å². The maximum atomic E-state index is 2.34. The van der Waals surface area contributed by atoms with Gasteiger partial charge in [0.1, 0.15) is 0 Å². The van der Waals surface area contributed by atoms with Crippen LogP contribution in [0.5, 0.6) is 0 Å². The van der Waals surface area contributed by atoms with Crippen molar-refractivity contribution < 1.29 is 0 Å². The summed E-state index contributed by atoms with van der Waals surface area (Å²) in [6.07, 6.45) is 20.8. The first-order valence-corrected chi connectivity index (χ1v) is 11.4. The molecule has 0 atom stereocenters. The van der Waals surface area contributed by atoms with Crippen LogP contribution >= 0.6 is 0 Å². The van der Waals surface area contributed by atoms with Crippen molar-refractivity contribution in [2.75, 3.05) is 0 Å². The van der Waals surface area contributed by atoms with Gasteiger partial charge in [-0.25, -0.2) is 0 Å². The van der Waals surface area contributed by atoms with Gasteiger partial charge in [-0.2, -0.15) is 0 Å². The van der Waals surface area contributed by atoms with Crippen LogP contribution in [0.15, 0.2) is 30.3 Å². The first kappa shape index (κ1) is 19.0. The van der Waals surface area contributed by atoms with E-state index in [1.54, 1.807) is 18.4 Å². The van der Waals surface area contributed by atoms with Crippen LogP contribution in [0.4, 0.5) is 0 Å². The second kappa shape index (κ2) is 10.4. The van der Waals surface area contributed by atoms with Crippen LogP contribution in [0.1, 0.15) is 108 Å². The maximum absolute atomic E-state index is 2.34. The molecule has 2 aliphatic carbocycles. The van der Waals surface area contributed by atoms with E-state index in [4.69, 9.17) is 0 Å². The molecule has 0 heteroatoms. The van der Waals surface area contributed by atoms with E-state index in [2.05, 4.69) is 37.3 Å². The summed E-state index contributed by atoms with van der Waals surface area (Å²) < 4.78 is 0. The van der Waals surface area contributed by atoms with Crippen LogP contribution in [0, 0.1) is 17.8 Å². The largest absolute Gasteiger partial charge is 0.0654 e.